The van der Waals surface area contributed by atoms with Gasteiger partial charge in [0.25, 0.3) is 0 Å². The third-order valence-electron chi connectivity index (χ3n) is 19.7. The lowest BCUT2D eigenvalue weighted by molar-refractivity contribution is 0.580. The molecule has 21 aromatic rings. The van der Waals surface area contributed by atoms with Gasteiger partial charge in [-0.1, -0.05) is 315 Å². The van der Waals surface area contributed by atoms with Gasteiger partial charge in [0, 0.05) is 128 Å². The molecule has 18 nitrogen and oxygen atoms in total. The van der Waals surface area contributed by atoms with Gasteiger partial charge >= 0.3 is 0 Å². The van der Waals surface area contributed by atoms with Crippen LogP contribution in [0.25, 0.3) is 113 Å². The summed E-state index contributed by atoms with van der Waals surface area (Å²) in [6.07, 6.45) is 21.3. The fourth-order valence-electron chi connectivity index (χ4n) is 12.9. The maximum Gasteiger partial charge on any atom is 0.213 e. The van der Waals surface area contributed by atoms with E-state index in [-0.39, 0.29) is 0 Å². The molecule has 0 unspecified atom stereocenters. The van der Waals surface area contributed by atoms with E-state index in [0.29, 0.717) is 5.69 Å². The summed E-state index contributed by atoms with van der Waals surface area (Å²) in [5.41, 5.74) is 28.8. The molecule has 0 amide bonds. The standard InChI is InChI=1S/4C12H11N.5C11H10N2.C10H9N3.C6H6FN/c1-10-6-5-9-12(13-10)11-7-3-2-4-8-11;1-10-7-12(9-13-8-10)11-5-3-2-4-6-11;1-10-9-12(7-8-13-10)11-5-3-2-4-6-11;1-10-7-8-13-12(9-10)11-5-3-2-4-6-11;1-9-7-13-11(8-12-9)10-5-3-2-4-6-10;1-9-7-12-8-11(13-9)10-5-3-2-4-6-10;1-9-7-11(13-8-12-9)10-5-3-2-4-6-10;1-9-12-8-7-11(13-9)10-5-3-2-4-6-10;1-9-7-8-12-11(13-9)10-5-3-2-4-6-10;1-8-11-7-12-10(13-8)9-5-3-2-4-6-9;1-5-3-2-4-6(7)8-5/h4*2-9H,1H3;5*2-8H,1H3;2-7H,1H3;2-4H,1H3. The molecule has 0 bridgehead atoms. The highest BCUT2D eigenvalue weighted by Gasteiger charge is 2.07. The van der Waals surface area contributed by atoms with Crippen LogP contribution in [-0.2, 0) is 0 Å². The molecule has 0 saturated carbocycles. The van der Waals surface area contributed by atoms with E-state index < -0.39 is 5.95 Å². The Hall–Kier alpha value is -17.7. The van der Waals surface area contributed by atoms with E-state index in [2.05, 4.69) is 170 Å². The van der Waals surface area contributed by atoms with Gasteiger partial charge in [-0.05, 0) is 177 Å². The fraction of sp³-hybridized carbons (Fsp3) is 0.0924. The molecule has 0 spiro atoms. The molecule has 21 rings (SSSR count). The summed E-state index contributed by atoms with van der Waals surface area (Å²) in [5, 5.41) is 0. The molecule has 0 aliphatic rings. The second kappa shape index (κ2) is 56.2. The summed E-state index contributed by atoms with van der Waals surface area (Å²) >= 11 is 0. The fourth-order valence-corrected chi connectivity index (χ4v) is 12.9. The predicted molar refractivity (Wildman–Crippen MR) is 558 cm³/mol. The van der Waals surface area contributed by atoms with Crippen LogP contribution in [0.5, 0.6) is 0 Å². The van der Waals surface area contributed by atoms with Crippen molar-refractivity contribution in [3.63, 3.8) is 0 Å². The molecule has 0 aliphatic carbocycles. The number of rotatable bonds is 10. The van der Waals surface area contributed by atoms with Gasteiger partial charge in [-0.2, -0.15) is 4.39 Å². The van der Waals surface area contributed by atoms with Crippen molar-refractivity contribution < 1.29 is 4.39 Å². The molecule has 11 aromatic heterocycles. The minimum absolute atomic E-state index is 0.412. The summed E-state index contributed by atoms with van der Waals surface area (Å²) < 4.78 is 12.1. The van der Waals surface area contributed by atoms with Gasteiger partial charge in [0.05, 0.1) is 57.9 Å². The molecule has 0 aliphatic heterocycles. The molecular weight excluding hydrogens is 1700 g/mol. The molecule has 138 heavy (non-hydrogen) atoms. The minimum Gasteiger partial charge on any atom is -0.264 e. The highest BCUT2D eigenvalue weighted by molar-refractivity contribution is 5.66. The van der Waals surface area contributed by atoms with Gasteiger partial charge in [0.1, 0.15) is 24.3 Å². The summed E-state index contributed by atoms with van der Waals surface area (Å²) in [6, 6.07) is 128. The highest BCUT2D eigenvalue weighted by atomic mass is 19.1. The van der Waals surface area contributed by atoms with Gasteiger partial charge in [0.15, 0.2) is 11.6 Å². The van der Waals surface area contributed by atoms with E-state index in [0.717, 1.165) is 125 Å². The Balaban J connectivity index is 0.000000146. The number of nitrogens with zero attached hydrogens (tertiary/aromatic N) is 18. The lowest BCUT2D eigenvalue weighted by Crippen LogP contribution is -1.93. The van der Waals surface area contributed by atoms with Crippen LogP contribution in [-0.4, -0.2) is 89.7 Å². The number of aromatic nitrogens is 18. The van der Waals surface area contributed by atoms with E-state index in [1.165, 1.54) is 56.9 Å². The maximum atomic E-state index is 12.1. The smallest absolute Gasteiger partial charge is 0.213 e. The molecule has 10 aromatic carbocycles. The Morgan fingerprint density at radius 1 is 0.167 bits per heavy atom. The number of hydrogen-bond donors (Lipinski definition) is 0. The van der Waals surface area contributed by atoms with Gasteiger partial charge in [-0.3, -0.25) is 34.9 Å². The second-order valence-electron chi connectivity index (χ2n) is 31.1. The van der Waals surface area contributed by atoms with E-state index in [1.54, 1.807) is 62.6 Å². The summed E-state index contributed by atoms with van der Waals surface area (Å²) in [6.45, 7) is 21.5. The van der Waals surface area contributed by atoms with E-state index >= 15 is 0 Å². The Bertz CT molecular complexity index is 5890. The number of pyridine rings is 5. The van der Waals surface area contributed by atoms with Crippen molar-refractivity contribution in [2.75, 3.05) is 0 Å². The molecule has 0 saturated heterocycles. The molecule has 19 heteroatoms. The van der Waals surface area contributed by atoms with Crippen LogP contribution in [0.3, 0.4) is 0 Å². The molecule has 0 fully saturated rings. The van der Waals surface area contributed by atoms with Crippen LogP contribution < -0.4 is 0 Å². The van der Waals surface area contributed by atoms with Crippen molar-refractivity contribution in [1.82, 2.24) is 89.7 Å². The zero-order valence-electron chi connectivity index (χ0n) is 79.3. The van der Waals surface area contributed by atoms with Crippen LogP contribution in [0.15, 0.2) is 463 Å². The quantitative estimate of drug-likeness (QED) is 0.116. The third kappa shape index (κ3) is 36.1. The zero-order valence-corrected chi connectivity index (χ0v) is 79.3. The molecular formula is C119H109FN18. The van der Waals surface area contributed by atoms with Crippen molar-refractivity contribution in [1.29, 1.82) is 0 Å². The molecule has 0 atom stereocenters. The first kappa shape index (κ1) is 101. The number of halogens is 1. The SMILES string of the molecule is Cc1cc(-c2ccccc2)ccn1.Cc1cc(-c2ccccc2)ncn1.Cc1cccc(-c2ccccc2)n1.Cc1cccc(F)n1.Cc1ccnc(-c2ccccc2)c1.Cc1ccnc(-c2ccccc2)n1.Cc1cnc(-c2ccccc2)cn1.Cc1cncc(-c2ccccc2)c1.Cc1cncc(-c2ccccc2)n1.Cc1nccc(-c2ccccc2)n1.Cc1ncnc(-c2ccccc2)n1. The van der Waals surface area contributed by atoms with Gasteiger partial charge in [-0.15, -0.1) is 0 Å². The maximum absolute atomic E-state index is 12.1. The van der Waals surface area contributed by atoms with E-state index in [9.17, 15) is 4.39 Å². The first-order valence-corrected chi connectivity index (χ1v) is 44.8. The zero-order chi connectivity index (χ0) is 96.9. The van der Waals surface area contributed by atoms with Gasteiger partial charge in [-0.25, -0.2) is 54.8 Å². The average molecular weight is 1810 g/mol. The first-order chi connectivity index (χ1) is 67.4. The minimum atomic E-state index is -0.412. The average Bonchev–Trinajstić information content (AvgIpc) is 0.878. The van der Waals surface area contributed by atoms with Crippen LogP contribution in [0.1, 0.15) is 62.6 Å². The molecule has 0 N–H and O–H groups in total. The number of hydrogen-bond acceptors (Lipinski definition) is 18. The first-order valence-electron chi connectivity index (χ1n) is 44.8. The summed E-state index contributed by atoms with van der Waals surface area (Å²) in [4.78, 5) is 75.0. The summed E-state index contributed by atoms with van der Waals surface area (Å²) in [7, 11) is 0. The van der Waals surface area contributed by atoms with Gasteiger partial charge < -0.3 is 0 Å². The highest BCUT2D eigenvalue weighted by Crippen LogP contribution is 2.25. The van der Waals surface area contributed by atoms with Crippen LogP contribution in [0, 0.1) is 82.1 Å². The number of aryl methyl sites for hydroxylation is 11. The van der Waals surface area contributed by atoms with Crippen LogP contribution >= 0.6 is 0 Å². The lowest BCUT2D eigenvalue weighted by atomic mass is 10.1. The van der Waals surface area contributed by atoms with Crippen LogP contribution in [0.4, 0.5) is 4.39 Å². The van der Waals surface area contributed by atoms with Crippen molar-refractivity contribution in [2.45, 2.75) is 76.2 Å². The van der Waals surface area contributed by atoms with Crippen molar-refractivity contribution in [3.05, 3.63) is 531 Å². The number of benzene rings is 10. The topological polar surface area (TPSA) is 232 Å². The van der Waals surface area contributed by atoms with Crippen molar-refractivity contribution in [2.24, 2.45) is 0 Å². The third-order valence-corrected chi connectivity index (χ3v) is 19.7. The lowest BCUT2D eigenvalue weighted by Gasteiger charge is -2.00. The molecule has 11 heterocycles. The molecule has 0 radical (unpaired) electrons. The monoisotopic (exact) mass is 1810 g/mol. The van der Waals surface area contributed by atoms with Gasteiger partial charge in [0.2, 0.25) is 5.95 Å². The Morgan fingerprint density at radius 2 is 0.580 bits per heavy atom. The Morgan fingerprint density at radius 3 is 1.04 bits per heavy atom. The Labute approximate surface area is 809 Å². The second-order valence-corrected chi connectivity index (χ2v) is 31.1. The van der Waals surface area contributed by atoms with Crippen molar-refractivity contribution >= 4 is 0 Å². The largest absolute Gasteiger partial charge is 0.264 e. The van der Waals surface area contributed by atoms with Crippen molar-refractivity contribution in [3.8, 4) is 113 Å². The molecule has 682 valence electrons. The van der Waals surface area contributed by atoms with E-state index in [4.69, 9.17) is 0 Å². The van der Waals surface area contributed by atoms with Crippen LogP contribution in [0.2, 0.25) is 0 Å². The Kier molecular flexibility index (Phi) is 41.1. The normalized spacial score (nSPS) is 9.88. The van der Waals surface area contributed by atoms with E-state index in [1.807, 2.05) is 383 Å². The predicted octanol–water partition coefficient (Wildman–Crippen LogP) is 27.9. The summed E-state index contributed by atoms with van der Waals surface area (Å²) in [5.74, 6) is 2.66.